The standard InChI is InChI=1S/C21H18N2/c22-16-19-11-13-20(14-12-19)23-21-8-4-7-18(15-21)10-9-17-5-2-1-3-6-17/h1-8,11-15,23H,9-10H2. The summed E-state index contributed by atoms with van der Waals surface area (Å²) in [6.45, 7) is 0. The molecule has 0 atom stereocenters. The molecule has 0 fully saturated rings. The van der Waals surface area contributed by atoms with Crippen LogP contribution in [0, 0.1) is 11.3 Å². The van der Waals surface area contributed by atoms with Gasteiger partial charge in [-0.15, -0.1) is 0 Å². The van der Waals surface area contributed by atoms with Gasteiger partial charge in [0.15, 0.2) is 0 Å². The third kappa shape index (κ3) is 4.21. The molecule has 0 amide bonds. The number of nitrogens with zero attached hydrogens (tertiary/aromatic N) is 1. The molecule has 0 saturated carbocycles. The average molecular weight is 298 g/mol. The van der Waals surface area contributed by atoms with Gasteiger partial charge in [0.25, 0.3) is 0 Å². The number of benzene rings is 3. The zero-order valence-corrected chi connectivity index (χ0v) is 12.9. The summed E-state index contributed by atoms with van der Waals surface area (Å²) in [5, 5.41) is 12.2. The fourth-order valence-electron chi connectivity index (χ4n) is 2.53. The summed E-state index contributed by atoms with van der Waals surface area (Å²) in [7, 11) is 0. The fraction of sp³-hybridized carbons (Fsp3) is 0.0952. The number of nitrogens with one attached hydrogen (secondary N) is 1. The first-order valence-electron chi connectivity index (χ1n) is 7.73. The Morgan fingerprint density at radius 3 is 2.13 bits per heavy atom. The van der Waals surface area contributed by atoms with Crippen LogP contribution in [0.3, 0.4) is 0 Å². The molecule has 0 aromatic heterocycles. The van der Waals surface area contributed by atoms with Gasteiger partial charge in [-0.1, -0.05) is 42.5 Å². The molecule has 0 spiro atoms. The first-order chi connectivity index (χ1) is 11.3. The van der Waals surface area contributed by atoms with Crippen LogP contribution in [0.5, 0.6) is 0 Å². The summed E-state index contributed by atoms with van der Waals surface area (Å²) >= 11 is 0. The summed E-state index contributed by atoms with van der Waals surface area (Å²) in [5.74, 6) is 0. The van der Waals surface area contributed by atoms with Crippen molar-refractivity contribution in [3.8, 4) is 6.07 Å². The average Bonchev–Trinajstić information content (AvgIpc) is 2.62. The Kier molecular flexibility index (Phi) is 4.71. The van der Waals surface area contributed by atoms with Crippen LogP contribution in [0.1, 0.15) is 16.7 Å². The van der Waals surface area contributed by atoms with Crippen molar-refractivity contribution in [1.29, 1.82) is 5.26 Å². The SMILES string of the molecule is N#Cc1ccc(Nc2cccc(CCc3ccccc3)c2)cc1. The molecular formula is C21H18N2. The zero-order chi connectivity index (χ0) is 15.9. The molecule has 0 unspecified atom stereocenters. The highest BCUT2D eigenvalue weighted by molar-refractivity contribution is 5.61. The van der Waals surface area contributed by atoms with Crippen LogP contribution in [0.4, 0.5) is 11.4 Å². The highest BCUT2D eigenvalue weighted by atomic mass is 14.9. The van der Waals surface area contributed by atoms with Gasteiger partial charge in [0.05, 0.1) is 11.6 Å². The molecule has 2 heteroatoms. The maximum Gasteiger partial charge on any atom is 0.0991 e. The Morgan fingerprint density at radius 2 is 1.39 bits per heavy atom. The molecule has 0 aliphatic heterocycles. The van der Waals surface area contributed by atoms with Gasteiger partial charge in [-0.25, -0.2) is 0 Å². The molecule has 0 bridgehead atoms. The first-order valence-corrected chi connectivity index (χ1v) is 7.73. The highest BCUT2D eigenvalue weighted by Gasteiger charge is 1.99. The molecule has 0 aliphatic carbocycles. The number of anilines is 2. The van der Waals surface area contributed by atoms with Crippen molar-refractivity contribution in [2.75, 3.05) is 5.32 Å². The largest absolute Gasteiger partial charge is 0.356 e. The lowest BCUT2D eigenvalue weighted by Gasteiger charge is -2.09. The molecule has 1 N–H and O–H groups in total. The molecule has 3 aromatic carbocycles. The lowest BCUT2D eigenvalue weighted by Crippen LogP contribution is -1.94. The molecule has 3 rings (SSSR count). The maximum absolute atomic E-state index is 8.84. The molecule has 0 heterocycles. The number of hydrogen-bond acceptors (Lipinski definition) is 2. The van der Waals surface area contributed by atoms with E-state index in [1.165, 1.54) is 11.1 Å². The molecular weight excluding hydrogens is 280 g/mol. The van der Waals surface area contributed by atoms with Gasteiger partial charge in [0.1, 0.15) is 0 Å². The van der Waals surface area contributed by atoms with E-state index in [9.17, 15) is 0 Å². The summed E-state index contributed by atoms with van der Waals surface area (Å²) in [4.78, 5) is 0. The van der Waals surface area contributed by atoms with Crippen molar-refractivity contribution in [1.82, 2.24) is 0 Å². The predicted octanol–water partition coefficient (Wildman–Crippen LogP) is 5.09. The van der Waals surface area contributed by atoms with Crippen LogP contribution >= 0.6 is 0 Å². The second kappa shape index (κ2) is 7.29. The highest BCUT2D eigenvalue weighted by Crippen LogP contribution is 2.19. The van der Waals surface area contributed by atoms with Gasteiger partial charge in [-0.3, -0.25) is 0 Å². The van der Waals surface area contributed by atoms with E-state index in [-0.39, 0.29) is 0 Å². The van der Waals surface area contributed by atoms with E-state index in [0.717, 1.165) is 24.2 Å². The van der Waals surface area contributed by atoms with Crippen LogP contribution in [-0.4, -0.2) is 0 Å². The fourth-order valence-corrected chi connectivity index (χ4v) is 2.53. The molecule has 0 saturated heterocycles. The Labute approximate surface area is 137 Å². The molecule has 23 heavy (non-hydrogen) atoms. The molecule has 2 nitrogen and oxygen atoms in total. The van der Waals surface area contributed by atoms with E-state index in [2.05, 4.69) is 59.9 Å². The van der Waals surface area contributed by atoms with Crippen molar-refractivity contribution < 1.29 is 0 Å². The van der Waals surface area contributed by atoms with Crippen molar-refractivity contribution in [3.05, 3.63) is 95.6 Å². The number of aryl methyl sites for hydroxylation is 2. The normalized spacial score (nSPS) is 10.0. The molecule has 3 aromatic rings. The van der Waals surface area contributed by atoms with Crippen molar-refractivity contribution in [2.24, 2.45) is 0 Å². The summed E-state index contributed by atoms with van der Waals surface area (Å²) < 4.78 is 0. The molecule has 0 aliphatic rings. The van der Waals surface area contributed by atoms with Crippen LogP contribution in [0.15, 0.2) is 78.9 Å². The first kappa shape index (κ1) is 14.9. The zero-order valence-electron chi connectivity index (χ0n) is 12.9. The summed E-state index contributed by atoms with van der Waals surface area (Å²) in [6, 6.07) is 28.6. The van der Waals surface area contributed by atoms with Crippen molar-refractivity contribution in [3.63, 3.8) is 0 Å². The third-order valence-electron chi connectivity index (χ3n) is 3.77. The number of rotatable bonds is 5. The minimum Gasteiger partial charge on any atom is -0.356 e. The van der Waals surface area contributed by atoms with Crippen LogP contribution in [0.2, 0.25) is 0 Å². The second-order valence-electron chi connectivity index (χ2n) is 5.50. The van der Waals surface area contributed by atoms with E-state index in [0.29, 0.717) is 5.56 Å². The van der Waals surface area contributed by atoms with E-state index in [4.69, 9.17) is 5.26 Å². The monoisotopic (exact) mass is 298 g/mol. The van der Waals surface area contributed by atoms with Gasteiger partial charge < -0.3 is 5.32 Å². The van der Waals surface area contributed by atoms with Gasteiger partial charge in [0.2, 0.25) is 0 Å². The van der Waals surface area contributed by atoms with Crippen LogP contribution < -0.4 is 5.32 Å². The topological polar surface area (TPSA) is 35.8 Å². The van der Waals surface area contributed by atoms with Gasteiger partial charge in [0, 0.05) is 11.4 Å². The van der Waals surface area contributed by atoms with E-state index < -0.39 is 0 Å². The van der Waals surface area contributed by atoms with E-state index in [1.54, 1.807) is 0 Å². The Morgan fingerprint density at radius 1 is 0.696 bits per heavy atom. The van der Waals surface area contributed by atoms with Crippen molar-refractivity contribution in [2.45, 2.75) is 12.8 Å². The van der Waals surface area contributed by atoms with E-state index >= 15 is 0 Å². The van der Waals surface area contributed by atoms with Gasteiger partial charge in [-0.2, -0.15) is 5.26 Å². The Bertz CT molecular complexity index is 799. The van der Waals surface area contributed by atoms with Gasteiger partial charge >= 0.3 is 0 Å². The molecule has 0 radical (unpaired) electrons. The summed E-state index contributed by atoms with van der Waals surface area (Å²) in [5.41, 5.74) is 5.40. The van der Waals surface area contributed by atoms with E-state index in [1.807, 2.05) is 30.3 Å². The minimum absolute atomic E-state index is 0.673. The summed E-state index contributed by atoms with van der Waals surface area (Å²) in [6.07, 6.45) is 2.06. The lowest BCUT2D eigenvalue weighted by molar-refractivity contribution is 0.961. The Hall–Kier alpha value is -3.05. The van der Waals surface area contributed by atoms with Gasteiger partial charge in [-0.05, 0) is 60.4 Å². The van der Waals surface area contributed by atoms with Crippen molar-refractivity contribution >= 4 is 11.4 Å². The second-order valence-corrected chi connectivity index (χ2v) is 5.50. The quantitative estimate of drug-likeness (QED) is 0.712. The Balaban J connectivity index is 1.66. The number of nitriles is 1. The maximum atomic E-state index is 8.84. The predicted molar refractivity (Wildman–Crippen MR) is 94.7 cm³/mol. The van der Waals surface area contributed by atoms with Crippen LogP contribution in [0.25, 0.3) is 0 Å². The third-order valence-corrected chi connectivity index (χ3v) is 3.77. The van der Waals surface area contributed by atoms with Crippen LogP contribution in [-0.2, 0) is 12.8 Å². The molecule has 112 valence electrons. The number of hydrogen-bond donors (Lipinski definition) is 1. The minimum atomic E-state index is 0.673. The smallest absolute Gasteiger partial charge is 0.0991 e. The lowest BCUT2D eigenvalue weighted by atomic mass is 10.0.